The fraction of sp³-hybridized carbons (Fsp3) is 0.500. The molecule has 0 aromatic heterocycles. The zero-order valence-electron chi connectivity index (χ0n) is 10.3. The van der Waals surface area contributed by atoms with E-state index in [-0.39, 0.29) is 5.69 Å². The lowest BCUT2D eigenvalue weighted by Gasteiger charge is -2.11. The summed E-state index contributed by atoms with van der Waals surface area (Å²) in [5, 5.41) is 10.7. The first kappa shape index (κ1) is 15.9. The standard InChI is InChI=1S/C12H15Cl2NO4/c13-5-1-7-18-11-4-3-10(15(16)17)9-12(11)19-8-2-6-14/h3-4,9H,1-2,5-8H2. The van der Waals surface area contributed by atoms with Gasteiger partial charge in [-0.1, -0.05) is 0 Å². The molecule has 1 aromatic carbocycles. The summed E-state index contributed by atoms with van der Waals surface area (Å²) in [5.41, 5.74) is -0.0365. The number of ether oxygens (including phenoxy) is 2. The van der Waals surface area contributed by atoms with Crippen molar-refractivity contribution in [1.82, 2.24) is 0 Å². The number of nitrogens with zero attached hydrogens (tertiary/aromatic N) is 1. The highest BCUT2D eigenvalue weighted by Crippen LogP contribution is 2.31. The first-order valence-corrected chi connectivity index (χ1v) is 6.92. The van der Waals surface area contributed by atoms with Crippen LogP contribution in [0.4, 0.5) is 5.69 Å². The fourth-order valence-corrected chi connectivity index (χ4v) is 1.53. The first-order chi connectivity index (χ1) is 9.19. The van der Waals surface area contributed by atoms with Crippen molar-refractivity contribution in [2.45, 2.75) is 12.8 Å². The normalized spacial score (nSPS) is 10.2. The molecule has 0 aliphatic carbocycles. The number of nitro groups is 1. The molecule has 0 amide bonds. The number of alkyl halides is 2. The molecule has 1 rings (SSSR count). The van der Waals surface area contributed by atoms with Crippen LogP contribution in [-0.2, 0) is 0 Å². The van der Waals surface area contributed by atoms with Gasteiger partial charge in [-0.25, -0.2) is 0 Å². The summed E-state index contributed by atoms with van der Waals surface area (Å²) >= 11 is 11.1. The van der Waals surface area contributed by atoms with E-state index in [0.29, 0.717) is 49.3 Å². The van der Waals surface area contributed by atoms with Crippen molar-refractivity contribution in [3.05, 3.63) is 28.3 Å². The van der Waals surface area contributed by atoms with E-state index in [1.807, 2.05) is 0 Å². The Bertz CT molecular complexity index is 415. The van der Waals surface area contributed by atoms with Crippen LogP contribution in [0.15, 0.2) is 18.2 Å². The molecule has 0 heterocycles. The topological polar surface area (TPSA) is 61.6 Å². The Kier molecular flexibility index (Phi) is 7.36. The largest absolute Gasteiger partial charge is 0.490 e. The Morgan fingerprint density at radius 1 is 1.05 bits per heavy atom. The number of nitro benzene ring substituents is 1. The van der Waals surface area contributed by atoms with E-state index < -0.39 is 4.92 Å². The zero-order chi connectivity index (χ0) is 14.1. The Hall–Kier alpha value is -1.20. The van der Waals surface area contributed by atoms with Crippen molar-refractivity contribution < 1.29 is 14.4 Å². The summed E-state index contributed by atoms with van der Waals surface area (Å²) < 4.78 is 10.9. The maximum absolute atomic E-state index is 10.7. The van der Waals surface area contributed by atoms with E-state index in [0.717, 1.165) is 0 Å². The molecule has 0 aliphatic rings. The Morgan fingerprint density at radius 3 is 2.16 bits per heavy atom. The minimum atomic E-state index is -0.475. The maximum atomic E-state index is 10.7. The lowest BCUT2D eigenvalue weighted by Crippen LogP contribution is -2.04. The third kappa shape index (κ3) is 5.53. The van der Waals surface area contributed by atoms with Crippen molar-refractivity contribution in [1.29, 1.82) is 0 Å². The van der Waals surface area contributed by atoms with Crippen molar-refractivity contribution in [3.8, 4) is 11.5 Å². The maximum Gasteiger partial charge on any atom is 0.273 e. The van der Waals surface area contributed by atoms with E-state index in [4.69, 9.17) is 32.7 Å². The van der Waals surface area contributed by atoms with Crippen LogP contribution < -0.4 is 9.47 Å². The van der Waals surface area contributed by atoms with Crippen LogP contribution in [0, 0.1) is 10.1 Å². The average molecular weight is 308 g/mol. The second kappa shape index (κ2) is 8.82. The van der Waals surface area contributed by atoms with Gasteiger partial charge in [-0.05, 0) is 18.9 Å². The number of non-ortho nitro benzene ring substituents is 1. The Balaban J connectivity index is 2.78. The predicted octanol–water partition coefficient (Wildman–Crippen LogP) is 3.61. The molecule has 0 unspecified atom stereocenters. The van der Waals surface area contributed by atoms with Gasteiger partial charge in [-0.3, -0.25) is 10.1 Å². The van der Waals surface area contributed by atoms with Gasteiger partial charge < -0.3 is 9.47 Å². The van der Waals surface area contributed by atoms with Gasteiger partial charge in [0.25, 0.3) is 5.69 Å². The van der Waals surface area contributed by atoms with Crippen LogP contribution in [-0.4, -0.2) is 29.9 Å². The minimum absolute atomic E-state index is 0.0365. The molecule has 106 valence electrons. The van der Waals surface area contributed by atoms with E-state index in [9.17, 15) is 10.1 Å². The summed E-state index contributed by atoms with van der Waals surface area (Å²) in [7, 11) is 0. The molecule has 0 fully saturated rings. The molecule has 0 saturated carbocycles. The molecule has 0 N–H and O–H groups in total. The van der Waals surface area contributed by atoms with Gasteiger partial charge in [0.15, 0.2) is 11.5 Å². The van der Waals surface area contributed by atoms with Crippen molar-refractivity contribution in [2.75, 3.05) is 25.0 Å². The molecule has 1 aromatic rings. The van der Waals surface area contributed by atoms with Crippen molar-refractivity contribution in [2.24, 2.45) is 0 Å². The number of benzene rings is 1. The second-order valence-corrected chi connectivity index (χ2v) is 4.43. The molecule has 5 nitrogen and oxygen atoms in total. The summed E-state index contributed by atoms with van der Waals surface area (Å²) in [6.45, 7) is 0.823. The van der Waals surface area contributed by atoms with E-state index in [1.54, 1.807) is 0 Å². The fourth-order valence-electron chi connectivity index (χ4n) is 1.32. The molecule has 19 heavy (non-hydrogen) atoms. The van der Waals surface area contributed by atoms with Gasteiger partial charge in [0.2, 0.25) is 0 Å². The number of hydrogen-bond acceptors (Lipinski definition) is 4. The number of rotatable bonds is 9. The molecule has 0 atom stereocenters. The van der Waals surface area contributed by atoms with Gasteiger partial charge in [0.1, 0.15) is 0 Å². The van der Waals surface area contributed by atoms with Gasteiger partial charge in [0.05, 0.1) is 24.2 Å². The highest BCUT2D eigenvalue weighted by molar-refractivity contribution is 6.18. The summed E-state index contributed by atoms with van der Waals surface area (Å²) in [6, 6.07) is 4.26. The predicted molar refractivity (Wildman–Crippen MR) is 74.8 cm³/mol. The zero-order valence-corrected chi connectivity index (χ0v) is 11.8. The summed E-state index contributed by atoms with van der Waals surface area (Å²) in [5.74, 6) is 1.80. The number of halogens is 2. The smallest absolute Gasteiger partial charge is 0.273 e. The third-order valence-electron chi connectivity index (χ3n) is 2.21. The Morgan fingerprint density at radius 2 is 1.63 bits per heavy atom. The van der Waals surface area contributed by atoms with E-state index >= 15 is 0 Å². The van der Waals surface area contributed by atoms with Crippen LogP contribution in [0.3, 0.4) is 0 Å². The van der Waals surface area contributed by atoms with Gasteiger partial charge in [0, 0.05) is 17.8 Å². The highest BCUT2D eigenvalue weighted by atomic mass is 35.5. The molecular formula is C12H15Cl2NO4. The van der Waals surface area contributed by atoms with Gasteiger partial charge in [-0.15, -0.1) is 23.2 Å². The molecule has 7 heteroatoms. The third-order valence-corrected chi connectivity index (χ3v) is 2.74. The first-order valence-electron chi connectivity index (χ1n) is 5.85. The molecular weight excluding hydrogens is 293 g/mol. The van der Waals surface area contributed by atoms with E-state index in [1.165, 1.54) is 18.2 Å². The minimum Gasteiger partial charge on any atom is -0.490 e. The summed E-state index contributed by atoms with van der Waals surface area (Å²) in [6.07, 6.45) is 1.35. The van der Waals surface area contributed by atoms with Gasteiger partial charge >= 0.3 is 0 Å². The monoisotopic (exact) mass is 307 g/mol. The molecule has 0 spiro atoms. The second-order valence-electron chi connectivity index (χ2n) is 3.67. The molecule has 0 bridgehead atoms. The van der Waals surface area contributed by atoms with Gasteiger partial charge in [-0.2, -0.15) is 0 Å². The van der Waals surface area contributed by atoms with Crippen LogP contribution >= 0.6 is 23.2 Å². The molecule has 0 radical (unpaired) electrons. The average Bonchev–Trinajstić information content (AvgIpc) is 2.40. The molecule has 0 saturated heterocycles. The van der Waals surface area contributed by atoms with Crippen LogP contribution in [0.5, 0.6) is 11.5 Å². The van der Waals surface area contributed by atoms with Crippen molar-refractivity contribution in [3.63, 3.8) is 0 Å². The van der Waals surface area contributed by atoms with Crippen LogP contribution in [0.2, 0.25) is 0 Å². The summed E-state index contributed by atoms with van der Waals surface area (Å²) in [4.78, 5) is 10.3. The SMILES string of the molecule is O=[N+]([O-])c1ccc(OCCCCl)c(OCCCCl)c1. The lowest BCUT2D eigenvalue weighted by molar-refractivity contribution is -0.385. The van der Waals surface area contributed by atoms with Crippen LogP contribution in [0.25, 0.3) is 0 Å². The highest BCUT2D eigenvalue weighted by Gasteiger charge is 2.13. The lowest BCUT2D eigenvalue weighted by atomic mass is 10.3. The quantitative estimate of drug-likeness (QED) is 0.302. The number of hydrogen-bond donors (Lipinski definition) is 0. The molecule has 0 aliphatic heterocycles. The van der Waals surface area contributed by atoms with E-state index in [2.05, 4.69) is 0 Å². The van der Waals surface area contributed by atoms with Crippen LogP contribution in [0.1, 0.15) is 12.8 Å². The Labute approximate surface area is 121 Å². The van der Waals surface area contributed by atoms with Crippen molar-refractivity contribution >= 4 is 28.9 Å².